The average Bonchev–Trinajstić information content (AvgIpc) is 3.05. The molecule has 0 aliphatic heterocycles. The first-order valence-corrected chi connectivity index (χ1v) is 8.37. The molecular formula is C20H14ClN3O2. The molecule has 0 aliphatic rings. The van der Waals surface area contributed by atoms with E-state index in [1.807, 2.05) is 43.3 Å². The molecule has 0 saturated heterocycles. The van der Waals surface area contributed by atoms with E-state index in [0.717, 1.165) is 22.2 Å². The van der Waals surface area contributed by atoms with Gasteiger partial charge in [-0.2, -0.15) is 0 Å². The predicted octanol–water partition coefficient (Wildman–Crippen LogP) is 5.10. The molecule has 2 aromatic carbocycles. The van der Waals surface area contributed by atoms with Crippen LogP contribution in [0.2, 0.25) is 5.15 Å². The van der Waals surface area contributed by atoms with E-state index in [9.17, 15) is 4.79 Å². The van der Waals surface area contributed by atoms with Crippen LogP contribution < -0.4 is 5.32 Å². The minimum atomic E-state index is -0.264. The van der Waals surface area contributed by atoms with Gasteiger partial charge < -0.3 is 9.73 Å². The zero-order chi connectivity index (χ0) is 18.1. The van der Waals surface area contributed by atoms with Crippen molar-refractivity contribution in [1.29, 1.82) is 0 Å². The Morgan fingerprint density at radius 3 is 2.81 bits per heavy atom. The van der Waals surface area contributed by atoms with Crippen molar-refractivity contribution in [2.24, 2.45) is 0 Å². The maximum atomic E-state index is 12.3. The Balaban J connectivity index is 1.61. The molecular weight excluding hydrogens is 350 g/mol. The van der Waals surface area contributed by atoms with Crippen molar-refractivity contribution in [2.45, 2.75) is 6.92 Å². The van der Waals surface area contributed by atoms with E-state index >= 15 is 0 Å². The van der Waals surface area contributed by atoms with E-state index in [2.05, 4.69) is 15.3 Å². The summed E-state index contributed by atoms with van der Waals surface area (Å²) in [5, 5.41) is 3.18. The van der Waals surface area contributed by atoms with Gasteiger partial charge in [0.25, 0.3) is 5.91 Å². The summed E-state index contributed by atoms with van der Waals surface area (Å²) >= 11 is 5.75. The fourth-order valence-electron chi connectivity index (χ4n) is 2.60. The van der Waals surface area contributed by atoms with Gasteiger partial charge in [0.15, 0.2) is 5.58 Å². The lowest BCUT2D eigenvalue weighted by molar-refractivity contribution is 0.102. The Morgan fingerprint density at radius 1 is 1.12 bits per heavy atom. The third-order valence-corrected chi connectivity index (χ3v) is 4.12. The lowest BCUT2D eigenvalue weighted by Crippen LogP contribution is -2.12. The molecule has 0 bridgehead atoms. The van der Waals surface area contributed by atoms with Crippen molar-refractivity contribution in [3.63, 3.8) is 0 Å². The SMILES string of the molecule is Cc1ccc2oc(-c3cccc(NC(=O)c4ccc(Cl)nc4)c3)nc2c1. The zero-order valence-corrected chi connectivity index (χ0v) is 14.6. The number of carbonyl (C=O) groups excluding carboxylic acids is 1. The van der Waals surface area contributed by atoms with Crippen LogP contribution in [0.5, 0.6) is 0 Å². The van der Waals surface area contributed by atoms with Gasteiger partial charge in [-0.25, -0.2) is 9.97 Å². The Hall–Kier alpha value is -3.18. The summed E-state index contributed by atoms with van der Waals surface area (Å²) in [6.45, 7) is 2.01. The van der Waals surface area contributed by atoms with Gasteiger partial charge in [-0.05, 0) is 55.0 Å². The van der Waals surface area contributed by atoms with Gasteiger partial charge in [0.1, 0.15) is 10.7 Å². The van der Waals surface area contributed by atoms with Gasteiger partial charge in [-0.15, -0.1) is 0 Å². The highest BCUT2D eigenvalue weighted by atomic mass is 35.5. The molecule has 0 fully saturated rings. The van der Waals surface area contributed by atoms with E-state index < -0.39 is 0 Å². The largest absolute Gasteiger partial charge is 0.436 e. The summed E-state index contributed by atoms with van der Waals surface area (Å²) in [5.74, 6) is 0.245. The van der Waals surface area contributed by atoms with E-state index in [1.165, 1.54) is 6.20 Å². The van der Waals surface area contributed by atoms with E-state index in [-0.39, 0.29) is 5.91 Å². The van der Waals surface area contributed by atoms with Crippen molar-refractivity contribution in [1.82, 2.24) is 9.97 Å². The Labute approximate surface area is 154 Å². The second-order valence-electron chi connectivity index (χ2n) is 5.89. The van der Waals surface area contributed by atoms with Crippen molar-refractivity contribution >= 4 is 34.3 Å². The Bertz CT molecular complexity index is 1100. The standard InChI is InChI=1S/C20H14ClN3O2/c1-12-5-7-17-16(9-12)24-20(26-17)13-3-2-4-15(10-13)23-19(25)14-6-8-18(21)22-11-14/h2-11H,1H3,(H,23,25). The smallest absolute Gasteiger partial charge is 0.257 e. The van der Waals surface area contributed by atoms with Crippen molar-refractivity contribution in [2.75, 3.05) is 5.32 Å². The molecule has 1 N–H and O–H groups in total. The van der Waals surface area contributed by atoms with Crippen LogP contribution in [0.1, 0.15) is 15.9 Å². The fraction of sp³-hybridized carbons (Fsp3) is 0.0500. The van der Waals surface area contributed by atoms with Crippen LogP contribution in [0.4, 0.5) is 5.69 Å². The highest BCUT2D eigenvalue weighted by molar-refractivity contribution is 6.29. The van der Waals surface area contributed by atoms with E-state index in [4.69, 9.17) is 16.0 Å². The zero-order valence-electron chi connectivity index (χ0n) is 13.9. The molecule has 5 nitrogen and oxygen atoms in total. The number of rotatable bonds is 3. The lowest BCUT2D eigenvalue weighted by atomic mass is 10.2. The monoisotopic (exact) mass is 363 g/mol. The average molecular weight is 364 g/mol. The number of aryl methyl sites for hydroxylation is 1. The summed E-state index contributed by atoms with van der Waals surface area (Å²) in [7, 11) is 0. The number of aromatic nitrogens is 2. The molecule has 128 valence electrons. The quantitative estimate of drug-likeness (QED) is 0.514. The Kier molecular flexibility index (Phi) is 4.14. The van der Waals surface area contributed by atoms with Crippen molar-refractivity contribution in [3.05, 3.63) is 77.1 Å². The van der Waals surface area contributed by atoms with Crippen LogP contribution in [0.25, 0.3) is 22.6 Å². The molecule has 2 heterocycles. The summed E-state index contributed by atoms with van der Waals surface area (Å²) in [6, 6.07) is 16.4. The van der Waals surface area contributed by atoms with Gasteiger partial charge in [-0.1, -0.05) is 23.7 Å². The number of pyridine rings is 1. The maximum absolute atomic E-state index is 12.3. The number of fused-ring (bicyclic) bond motifs is 1. The number of amides is 1. The van der Waals surface area contributed by atoms with Gasteiger partial charge in [0.2, 0.25) is 5.89 Å². The summed E-state index contributed by atoms with van der Waals surface area (Å²) in [4.78, 5) is 20.8. The number of hydrogen-bond donors (Lipinski definition) is 1. The van der Waals surface area contributed by atoms with Crippen molar-refractivity contribution < 1.29 is 9.21 Å². The fourth-order valence-corrected chi connectivity index (χ4v) is 2.72. The van der Waals surface area contributed by atoms with Crippen LogP contribution in [0.15, 0.2) is 65.2 Å². The molecule has 4 rings (SSSR count). The molecule has 0 aliphatic carbocycles. The predicted molar refractivity (Wildman–Crippen MR) is 101 cm³/mol. The summed E-state index contributed by atoms with van der Waals surface area (Å²) < 4.78 is 5.82. The first-order valence-electron chi connectivity index (χ1n) is 7.99. The number of benzene rings is 2. The highest BCUT2D eigenvalue weighted by Gasteiger charge is 2.11. The Morgan fingerprint density at radius 2 is 2.00 bits per heavy atom. The highest BCUT2D eigenvalue weighted by Crippen LogP contribution is 2.26. The maximum Gasteiger partial charge on any atom is 0.257 e. The molecule has 0 radical (unpaired) electrons. The normalized spacial score (nSPS) is 10.8. The van der Waals surface area contributed by atoms with Gasteiger partial charge in [-0.3, -0.25) is 4.79 Å². The molecule has 0 atom stereocenters. The molecule has 0 saturated carbocycles. The van der Waals surface area contributed by atoms with Crippen LogP contribution in [-0.4, -0.2) is 15.9 Å². The van der Waals surface area contributed by atoms with Gasteiger partial charge >= 0.3 is 0 Å². The van der Waals surface area contributed by atoms with Gasteiger partial charge in [0.05, 0.1) is 5.56 Å². The molecule has 26 heavy (non-hydrogen) atoms. The number of carbonyl (C=O) groups is 1. The minimum Gasteiger partial charge on any atom is -0.436 e. The van der Waals surface area contributed by atoms with Crippen LogP contribution >= 0.6 is 11.6 Å². The molecule has 0 unspecified atom stereocenters. The summed E-state index contributed by atoms with van der Waals surface area (Å²) in [6.07, 6.45) is 1.44. The van der Waals surface area contributed by atoms with E-state index in [0.29, 0.717) is 22.3 Å². The third kappa shape index (κ3) is 3.30. The number of nitrogens with one attached hydrogen (secondary N) is 1. The van der Waals surface area contributed by atoms with Crippen molar-refractivity contribution in [3.8, 4) is 11.5 Å². The third-order valence-electron chi connectivity index (χ3n) is 3.90. The molecule has 0 spiro atoms. The number of oxazole rings is 1. The topological polar surface area (TPSA) is 68.0 Å². The summed E-state index contributed by atoms with van der Waals surface area (Å²) in [5.41, 5.74) is 4.51. The van der Waals surface area contributed by atoms with Gasteiger partial charge in [0, 0.05) is 17.4 Å². The number of hydrogen-bond acceptors (Lipinski definition) is 4. The van der Waals surface area contributed by atoms with Crippen LogP contribution in [0.3, 0.4) is 0 Å². The second-order valence-corrected chi connectivity index (χ2v) is 6.28. The molecule has 1 amide bonds. The minimum absolute atomic E-state index is 0.264. The van der Waals surface area contributed by atoms with Crippen LogP contribution in [0, 0.1) is 6.92 Å². The van der Waals surface area contributed by atoms with E-state index in [1.54, 1.807) is 18.2 Å². The second kappa shape index (κ2) is 6.61. The number of anilines is 1. The first kappa shape index (κ1) is 16.3. The lowest BCUT2D eigenvalue weighted by Gasteiger charge is -2.06. The number of halogens is 1. The first-order chi connectivity index (χ1) is 12.6. The van der Waals surface area contributed by atoms with Crippen LogP contribution in [-0.2, 0) is 0 Å². The molecule has 6 heteroatoms. The molecule has 2 aromatic heterocycles. The molecule has 4 aromatic rings. The number of nitrogens with zero attached hydrogens (tertiary/aromatic N) is 2.